The normalized spacial score (nSPS) is 16.4. The number of hydrogen-bond donors (Lipinski definition) is 1. The third-order valence-electron chi connectivity index (χ3n) is 2.60. The van der Waals surface area contributed by atoms with Crippen LogP contribution >= 0.6 is 11.6 Å². The Morgan fingerprint density at radius 2 is 1.72 bits per heavy atom. The van der Waals surface area contributed by atoms with Gasteiger partial charge in [-0.3, -0.25) is 0 Å². The van der Waals surface area contributed by atoms with Gasteiger partial charge in [0.05, 0.1) is 21.1 Å². The van der Waals surface area contributed by atoms with Gasteiger partial charge in [0.15, 0.2) is 0 Å². The van der Waals surface area contributed by atoms with Crippen molar-refractivity contribution in [2.45, 2.75) is 51.0 Å². The topological polar surface area (TPSA) is 35.2 Å². The van der Waals surface area contributed by atoms with E-state index < -0.39 is 10.8 Å². The number of halogens is 1. The van der Waals surface area contributed by atoms with Crippen molar-refractivity contribution in [3.05, 3.63) is 34.9 Å². The summed E-state index contributed by atoms with van der Waals surface area (Å²) in [5, 5.41) is -0.132. The van der Waals surface area contributed by atoms with E-state index in [1.165, 1.54) is 0 Å². The van der Waals surface area contributed by atoms with E-state index in [0.29, 0.717) is 5.02 Å². The Morgan fingerprint density at radius 3 is 2.11 bits per heavy atom. The highest BCUT2D eigenvalue weighted by Gasteiger charge is 2.43. The Bertz CT molecular complexity index is 423. The van der Waals surface area contributed by atoms with Gasteiger partial charge in [0, 0.05) is 10.6 Å². The largest absolute Gasteiger partial charge is 0.367 e. The average Bonchev–Trinajstić information content (AvgIpc) is 2.13. The standard InChI is InChI=1S/C14H21ClNOSi/c1-12(2,3)17-14(18,13(4,5)16)10-7-6-8-11(15)9-10/h6-9H,16H2,1-5H3/t14-/m1/s1. The molecule has 0 aromatic heterocycles. The molecule has 0 fully saturated rings. The van der Waals surface area contributed by atoms with E-state index in [2.05, 4.69) is 10.2 Å². The summed E-state index contributed by atoms with van der Waals surface area (Å²) in [7, 11) is 3.74. The van der Waals surface area contributed by atoms with Crippen LogP contribution in [0.1, 0.15) is 40.2 Å². The molecule has 2 N–H and O–H groups in total. The fraction of sp³-hybridized carbons (Fsp3) is 0.571. The molecule has 18 heavy (non-hydrogen) atoms. The Hall–Kier alpha value is -0.353. The Kier molecular flexibility index (Phi) is 4.33. The number of hydrogen-bond acceptors (Lipinski definition) is 2. The molecular formula is C14H21ClNOSi. The number of ether oxygens (including phenoxy) is 1. The minimum absolute atomic E-state index is 0.333. The zero-order valence-electron chi connectivity index (χ0n) is 11.7. The molecule has 0 bridgehead atoms. The molecule has 1 rings (SSSR count). The van der Waals surface area contributed by atoms with Crippen LogP contribution in [-0.4, -0.2) is 21.4 Å². The van der Waals surface area contributed by atoms with Crippen LogP contribution in [0, 0.1) is 0 Å². The van der Waals surface area contributed by atoms with E-state index in [1.807, 2.05) is 58.9 Å². The third-order valence-corrected chi connectivity index (χ3v) is 3.87. The van der Waals surface area contributed by atoms with Crippen molar-refractivity contribution in [2.24, 2.45) is 5.73 Å². The van der Waals surface area contributed by atoms with Crippen molar-refractivity contribution in [3.8, 4) is 0 Å². The number of benzene rings is 1. The van der Waals surface area contributed by atoms with Crippen molar-refractivity contribution < 1.29 is 4.74 Å². The van der Waals surface area contributed by atoms with E-state index >= 15 is 0 Å². The maximum absolute atomic E-state index is 6.29. The molecule has 0 aliphatic carbocycles. The Labute approximate surface area is 118 Å². The SMILES string of the molecule is CC(C)(C)O[C@@]([Si])(c1cccc(Cl)c1)C(C)(C)N. The highest BCUT2D eigenvalue weighted by Crippen LogP contribution is 2.36. The van der Waals surface area contributed by atoms with Gasteiger partial charge in [-0.25, -0.2) is 0 Å². The molecule has 0 spiro atoms. The molecule has 1 atom stereocenters. The van der Waals surface area contributed by atoms with Crippen LogP contribution < -0.4 is 5.73 Å². The van der Waals surface area contributed by atoms with Crippen LogP contribution in [0.2, 0.25) is 5.02 Å². The van der Waals surface area contributed by atoms with Crippen LogP contribution in [0.4, 0.5) is 0 Å². The van der Waals surface area contributed by atoms with Crippen LogP contribution in [-0.2, 0) is 9.96 Å². The first-order chi connectivity index (χ1) is 7.96. The zero-order valence-corrected chi connectivity index (χ0v) is 13.4. The van der Waals surface area contributed by atoms with Gasteiger partial charge in [-0.1, -0.05) is 23.7 Å². The second kappa shape index (κ2) is 4.97. The van der Waals surface area contributed by atoms with Crippen LogP contribution in [0.3, 0.4) is 0 Å². The van der Waals surface area contributed by atoms with Gasteiger partial charge in [-0.15, -0.1) is 0 Å². The first-order valence-corrected chi connectivity index (χ1v) is 6.84. The van der Waals surface area contributed by atoms with Crippen molar-refractivity contribution in [1.82, 2.24) is 0 Å². The smallest absolute Gasteiger partial charge is 0.0924 e. The molecule has 2 nitrogen and oxygen atoms in total. The minimum atomic E-state index is -0.795. The van der Waals surface area contributed by atoms with Crippen molar-refractivity contribution >= 4 is 21.8 Å². The fourth-order valence-electron chi connectivity index (χ4n) is 1.73. The second-order valence-corrected chi connectivity index (χ2v) is 7.27. The summed E-state index contributed by atoms with van der Waals surface area (Å²) < 4.78 is 6.16. The van der Waals surface area contributed by atoms with E-state index in [1.54, 1.807) is 0 Å². The number of rotatable bonds is 3. The van der Waals surface area contributed by atoms with E-state index in [0.717, 1.165) is 5.56 Å². The molecule has 0 aliphatic heterocycles. The summed E-state index contributed by atoms with van der Waals surface area (Å²) in [5.41, 5.74) is 6.26. The van der Waals surface area contributed by atoms with Gasteiger partial charge < -0.3 is 10.5 Å². The fourth-order valence-corrected chi connectivity index (χ4v) is 2.38. The molecule has 0 aliphatic rings. The molecule has 99 valence electrons. The van der Waals surface area contributed by atoms with Gasteiger partial charge in [-0.2, -0.15) is 0 Å². The lowest BCUT2D eigenvalue weighted by Gasteiger charge is -2.46. The highest BCUT2D eigenvalue weighted by molar-refractivity contribution is 6.30. The first kappa shape index (κ1) is 15.7. The van der Waals surface area contributed by atoms with Gasteiger partial charge >= 0.3 is 0 Å². The molecule has 1 aromatic carbocycles. The first-order valence-electron chi connectivity index (χ1n) is 5.96. The minimum Gasteiger partial charge on any atom is -0.367 e. The quantitative estimate of drug-likeness (QED) is 0.864. The second-order valence-electron chi connectivity index (χ2n) is 6.13. The van der Waals surface area contributed by atoms with Crippen molar-refractivity contribution in [2.75, 3.05) is 0 Å². The predicted octanol–water partition coefficient (Wildman–Crippen LogP) is 3.21. The summed E-state index contributed by atoms with van der Waals surface area (Å²) in [5.74, 6) is 0. The summed E-state index contributed by atoms with van der Waals surface area (Å²) in [6.45, 7) is 9.84. The van der Waals surface area contributed by atoms with Gasteiger partial charge in [0.25, 0.3) is 0 Å². The molecule has 1 aromatic rings. The van der Waals surface area contributed by atoms with E-state index in [-0.39, 0.29) is 5.60 Å². The molecule has 0 amide bonds. The van der Waals surface area contributed by atoms with E-state index in [9.17, 15) is 0 Å². The molecule has 0 saturated heterocycles. The molecule has 4 heteroatoms. The summed E-state index contributed by atoms with van der Waals surface area (Å²) in [6, 6.07) is 7.55. The predicted molar refractivity (Wildman–Crippen MR) is 78.0 cm³/mol. The Morgan fingerprint density at radius 1 is 1.17 bits per heavy atom. The molecule has 0 heterocycles. The Balaban J connectivity index is 3.30. The molecule has 0 unspecified atom stereocenters. The van der Waals surface area contributed by atoms with Crippen LogP contribution in [0.25, 0.3) is 0 Å². The molecule has 3 radical (unpaired) electrons. The summed E-state index contributed by atoms with van der Waals surface area (Å²) >= 11 is 6.05. The zero-order chi connectivity index (χ0) is 14.2. The van der Waals surface area contributed by atoms with Gasteiger partial charge in [-0.05, 0) is 52.3 Å². The van der Waals surface area contributed by atoms with Crippen molar-refractivity contribution in [1.29, 1.82) is 0 Å². The average molecular weight is 283 g/mol. The lowest BCUT2D eigenvalue weighted by atomic mass is 9.90. The molecule has 0 saturated carbocycles. The highest BCUT2D eigenvalue weighted by atomic mass is 35.5. The lowest BCUT2D eigenvalue weighted by molar-refractivity contribution is -0.119. The van der Waals surface area contributed by atoms with Crippen LogP contribution in [0.5, 0.6) is 0 Å². The lowest BCUT2D eigenvalue weighted by Crippen LogP contribution is -2.58. The monoisotopic (exact) mass is 282 g/mol. The maximum Gasteiger partial charge on any atom is 0.0924 e. The summed E-state index contributed by atoms with van der Waals surface area (Å²) in [6.07, 6.45) is 0. The third kappa shape index (κ3) is 3.57. The van der Waals surface area contributed by atoms with Gasteiger partial charge in [0.2, 0.25) is 0 Å². The van der Waals surface area contributed by atoms with Crippen molar-refractivity contribution in [3.63, 3.8) is 0 Å². The summed E-state index contributed by atoms with van der Waals surface area (Å²) in [4.78, 5) is 0. The number of nitrogens with two attached hydrogens (primary N) is 1. The van der Waals surface area contributed by atoms with Crippen LogP contribution in [0.15, 0.2) is 24.3 Å². The van der Waals surface area contributed by atoms with Gasteiger partial charge in [0.1, 0.15) is 0 Å². The maximum atomic E-state index is 6.29. The van der Waals surface area contributed by atoms with E-state index in [4.69, 9.17) is 22.1 Å². The molecular weight excluding hydrogens is 262 g/mol.